The Labute approximate surface area is 98.0 Å². The lowest BCUT2D eigenvalue weighted by Gasteiger charge is -2.07. The van der Waals surface area contributed by atoms with Crippen LogP contribution in [0.4, 0.5) is 0 Å². The van der Waals surface area contributed by atoms with E-state index in [0.29, 0.717) is 11.8 Å². The first-order chi connectivity index (χ1) is 7.19. The molecule has 1 aromatic rings. The van der Waals surface area contributed by atoms with Crippen molar-refractivity contribution >= 4 is 17.7 Å². The fourth-order valence-electron chi connectivity index (χ4n) is 1.49. The van der Waals surface area contributed by atoms with Crippen LogP contribution in [0.5, 0.6) is 0 Å². The molecule has 1 atom stereocenters. The summed E-state index contributed by atoms with van der Waals surface area (Å²) in [6.07, 6.45) is 5.65. The molecular formula is C14H19Cl. The third kappa shape index (κ3) is 3.39. The molecule has 0 heterocycles. The number of hydrogen-bond acceptors (Lipinski definition) is 0. The summed E-state index contributed by atoms with van der Waals surface area (Å²) >= 11 is 5.92. The van der Waals surface area contributed by atoms with Gasteiger partial charge in [-0.15, -0.1) is 11.6 Å². The van der Waals surface area contributed by atoms with Crippen molar-refractivity contribution < 1.29 is 0 Å². The van der Waals surface area contributed by atoms with Crippen LogP contribution in [-0.4, -0.2) is 0 Å². The molecule has 0 saturated heterocycles. The number of alkyl halides is 1. The smallest absolute Gasteiger partial charge is 0.0480 e. The molecule has 0 aliphatic carbocycles. The van der Waals surface area contributed by atoms with Crippen molar-refractivity contribution in [2.75, 3.05) is 0 Å². The summed E-state index contributed by atoms with van der Waals surface area (Å²) in [6.45, 7) is 6.57. The lowest BCUT2D eigenvalue weighted by Crippen LogP contribution is -1.90. The average molecular weight is 223 g/mol. The van der Waals surface area contributed by atoms with Gasteiger partial charge >= 0.3 is 0 Å². The van der Waals surface area contributed by atoms with Crippen LogP contribution >= 0.6 is 11.6 Å². The zero-order valence-corrected chi connectivity index (χ0v) is 10.5. The van der Waals surface area contributed by atoms with E-state index in [4.69, 9.17) is 11.6 Å². The van der Waals surface area contributed by atoms with Crippen molar-refractivity contribution in [2.24, 2.45) is 5.92 Å². The minimum absolute atomic E-state index is 0.585. The summed E-state index contributed by atoms with van der Waals surface area (Å²) in [5.74, 6) is 1.22. The first kappa shape index (κ1) is 12.3. The number of allylic oxidation sites excluding steroid dienone is 1. The zero-order valence-electron chi connectivity index (χ0n) is 9.76. The van der Waals surface area contributed by atoms with Crippen molar-refractivity contribution in [3.63, 3.8) is 0 Å². The lowest BCUT2D eigenvalue weighted by atomic mass is 10.00. The van der Waals surface area contributed by atoms with Crippen LogP contribution in [0.2, 0.25) is 0 Å². The van der Waals surface area contributed by atoms with E-state index in [1.54, 1.807) is 0 Å². The summed E-state index contributed by atoms with van der Waals surface area (Å²) < 4.78 is 0. The second-order valence-corrected chi connectivity index (χ2v) is 4.29. The van der Waals surface area contributed by atoms with E-state index in [-0.39, 0.29) is 0 Å². The minimum atomic E-state index is 0.585. The highest BCUT2D eigenvalue weighted by molar-refractivity contribution is 6.17. The fraction of sp³-hybridized carbons (Fsp3) is 0.429. The van der Waals surface area contributed by atoms with Crippen LogP contribution in [0.3, 0.4) is 0 Å². The van der Waals surface area contributed by atoms with Gasteiger partial charge in [0.05, 0.1) is 0 Å². The van der Waals surface area contributed by atoms with Crippen LogP contribution in [-0.2, 0) is 5.88 Å². The van der Waals surface area contributed by atoms with E-state index in [1.165, 1.54) is 23.1 Å². The molecule has 82 valence electrons. The highest BCUT2D eigenvalue weighted by atomic mass is 35.5. The predicted octanol–water partition coefficient (Wildman–Crippen LogP) is 4.79. The maximum Gasteiger partial charge on any atom is 0.0480 e. The van der Waals surface area contributed by atoms with Crippen LogP contribution in [0.15, 0.2) is 24.3 Å². The van der Waals surface area contributed by atoms with Gasteiger partial charge in [0.2, 0.25) is 0 Å². The van der Waals surface area contributed by atoms with E-state index in [9.17, 15) is 0 Å². The SMILES string of the molecule is CCC(C)/C=C\c1c(C)cccc1CCl. The lowest BCUT2D eigenvalue weighted by molar-refractivity contribution is 0.701. The Balaban J connectivity index is 2.97. The molecule has 0 amide bonds. The van der Waals surface area contributed by atoms with Crippen molar-refractivity contribution in [1.29, 1.82) is 0 Å². The van der Waals surface area contributed by atoms with Crippen LogP contribution in [0.25, 0.3) is 6.08 Å². The van der Waals surface area contributed by atoms with Gasteiger partial charge in [0.15, 0.2) is 0 Å². The van der Waals surface area contributed by atoms with Gasteiger partial charge in [0.1, 0.15) is 0 Å². The van der Waals surface area contributed by atoms with E-state index >= 15 is 0 Å². The second kappa shape index (κ2) is 5.97. The third-order valence-corrected chi connectivity index (χ3v) is 3.08. The van der Waals surface area contributed by atoms with Crippen LogP contribution in [0.1, 0.15) is 37.0 Å². The maximum atomic E-state index is 5.92. The molecule has 0 aliphatic rings. The molecule has 0 nitrogen and oxygen atoms in total. The molecule has 15 heavy (non-hydrogen) atoms. The number of rotatable bonds is 4. The van der Waals surface area contributed by atoms with Crippen molar-refractivity contribution in [1.82, 2.24) is 0 Å². The van der Waals surface area contributed by atoms with Gasteiger partial charge in [-0.1, -0.05) is 50.6 Å². The summed E-state index contributed by atoms with van der Waals surface area (Å²) in [5.41, 5.74) is 3.80. The van der Waals surface area contributed by atoms with Crippen molar-refractivity contribution in [2.45, 2.75) is 33.1 Å². The number of aryl methyl sites for hydroxylation is 1. The molecule has 0 bridgehead atoms. The Morgan fingerprint density at radius 3 is 2.73 bits per heavy atom. The highest BCUT2D eigenvalue weighted by Gasteiger charge is 2.01. The molecule has 0 spiro atoms. The average Bonchev–Trinajstić information content (AvgIpc) is 2.26. The minimum Gasteiger partial charge on any atom is -0.122 e. The van der Waals surface area contributed by atoms with Gasteiger partial charge in [-0.3, -0.25) is 0 Å². The highest BCUT2D eigenvalue weighted by Crippen LogP contribution is 2.19. The standard InChI is InChI=1S/C14H19Cl/c1-4-11(2)8-9-14-12(3)6-5-7-13(14)10-15/h5-9,11H,4,10H2,1-3H3/b9-8-. The molecule has 1 heteroatoms. The third-order valence-electron chi connectivity index (χ3n) is 2.79. The molecular weight excluding hydrogens is 204 g/mol. The number of hydrogen-bond donors (Lipinski definition) is 0. The molecule has 1 aromatic carbocycles. The molecule has 0 N–H and O–H groups in total. The van der Waals surface area contributed by atoms with Gasteiger partial charge in [0, 0.05) is 5.88 Å². The summed E-state index contributed by atoms with van der Waals surface area (Å²) in [5, 5.41) is 0. The van der Waals surface area contributed by atoms with Crippen LogP contribution < -0.4 is 0 Å². The van der Waals surface area contributed by atoms with Gasteiger partial charge < -0.3 is 0 Å². The topological polar surface area (TPSA) is 0 Å². The van der Waals surface area contributed by atoms with Gasteiger partial charge in [-0.25, -0.2) is 0 Å². The Hall–Kier alpha value is -0.750. The van der Waals surface area contributed by atoms with Gasteiger partial charge in [0.25, 0.3) is 0 Å². The van der Waals surface area contributed by atoms with Crippen LogP contribution in [0, 0.1) is 12.8 Å². The van der Waals surface area contributed by atoms with E-state index in [1.807, 2.05) is 0 Å². The van der Waals surface area contributed by atoms with E-state index in [0.717, 1.165) is 0 Å². The molecule has 1 unspecified atom stereocenters. The largest absolute Gasteiger partial charge is 0.122 e. The Morgan fingerprint density at radius 1 is 1.40 bits per heavy atom. The maximum absolute atomic E-state index is 5.92. The van der Waals surface area contributed by atoms with Gasteiger partial charge in [-0.2, -0.15) is 0 Å². The number of benzene rings is 1. The summed E-state index contributed by atoms with van der Waals surface area (Å²) in [7, 11) is 0. The molecule has 0 saturated carbocycles. The Morgan fingerprint density at radius 2 is 2.13 bits per heavy atom. The van der Waals surface area contributed by atoms with Gasteiger partial charge in [-0.05, 0) is 29.5 Å². The molecule has 0 fully saturated rings. The van der Waals surface area contributed by atoms with Crippen molar-refractivity contribution in [3.05, 3.63) is 41.0 Å². The predicted molar refractivity (Wildman–Crippen MR) is 69.2 cm³/mol. The second-order valence-electron chi connectivity index (χ2n) is 4.03. The molecule has 1 rings (SSSR count). The molecule has 0 radical (unpaired) electrons. The Bertz CT molecular complexity index is 339. The summed E-state index contributed by atoms with van der Waals surface area (Å²) in [4.78, 5) is 0. The van der Waals surface area contributed by atoms with Crippen molar-refractivity contribution in [3.8, 4) is 0 Å². The first-order valence-electron chi connectivity index (χ1n) is 5.51. The molecule has 0 aromatic heterocycles. The Kier molecular flexibility index (Phi) is 4.90. The van der Waals surface area contributed by atoms with E-state index in [2.05, 4.69) is 51.1 Å². The summed E-state index contributed by atoms with van der Waals surface area (Å²) in [6, 6.07) is 6.29. The zero-order chi connectivity index (χ0) is 11.3. The fourth-order valence-corrected chi connectivity index (χ4v) is 1.73. The molecule has 0 aliphatic heterocycles. The quantitative estimate of drug-likeness (QED) is 0.643. The van der Waals surface area contributed by atoms with E-state index < -0.39 is 0 Å². The normalized spacial score (nSPS) is 13.3. The number of halogens is 1. The monoisotopic (exact) mass is 222 g/mol. The first-order valence-corrected chi connectivity index (χ1v) is 6.05.